The van der Waals surface area contributed by atoms with Crippen LogP contribution in [0.3, 0.4) is 0 Å². The Kier molecular flexibility index (Phi) is 4.80. The van der Waals surface area contributed by atoms with E-state index in [0.29, 0.717) is 31.8 Å². The van der Waals surface area contributed by atoms with E-state index in [1.54, 1.807) is 4.90 Å². The van der Waals surface area contributed by atoms with E-state index in [1.165, 1.54) is 12.8 Å². The van der Waals surface area contributed by atoms with E-state index < -0.39 is 0 Å². The second-order valence-corrected chi connectivity index (χ2v) is 5.69. The van der Waals surface area contributed by atoms with E-state index in [4.69, 9.17) is 0 Å². The van der Waals surface area contributed by atoms with Crippen molar-refractivity contribution in [3.05, 3.63) is 0 Å². The molecule has 3 atom stereocenters. The van der Waals surface area contributed by atoms with E-state index in [0.717, 1.165) is 6.54 Å². The number of hydrogen-bond donors (Lipinski definition) is 2. The number of amides is 2. The van der Waals surface area contributed by atoms with Gasteiger partial charge in [-0.25, -0.2) is 0 Å². The fraction of sp³-hybridized carbons (Fsp3) is 0.857. The van der Waals surface area contributed by atoms with Gasteiger partial charge in [-0.3, -0.25) is 9.59 Å². The van der Waals surface area contributed by atoms with Crippen LogP contribution in [0.4, 0.5) is 0 Å². The molecule has 0 aromatic rings. The average Bonchev–Trinajstić information content (AvgIpc) is 2.41. The predicted molar refractivity (Wildman–Crippen MR) is 73.6 cm³/mol. The van der Waals surface area contributed by atoms with Gasteiger partial charge in [0.2, 0.25) is 11.8 Å². The molecule has 2 saturated heterocycles. The van der Waals surface area contributed by atoms with Gasteiger partial charge in [0.1, 0.15) is 6.04 Å². The average molecular weight is 267 g/mol. The van der Waals surface area contributed by atoms with Crippen molar-refractivity contribution in [1.82, 2.24) is 15.5 Å². The molecule has 0 spiro atoms. The molecule has 0 radical (unpaired) electrons. The summed E-state index contributed by atoms with van der Waals surface area (Å²) in [6, 6.07) is -0.0103. The number of piperidine rings is 1. The Morgan fingerprint density at radius 1 is 1.42 bits per heavy atom. The van der Waals surface area contributed by atoms with Crippen LogP contribution in [0.25, 0.3) is 0 Å². The monoisotopic (exact) mass is 267 g/mol. The van der Waals surface area contributed by atoms with E-state index >= 15 is 0 Å². The molecule has 2 aliphatic rings. The van der Waals surface area contributed by atoms with Crippen LogP contribution < -0.4 is 10.6 Å². The van der Waals surface area contributed by atoms with Gasteiger partial charge in [0.25, 0.3) is 0 Å². The van der Waals surface area contributed by atoms with E-state index in [2.05, 4.69) is 17.6 Å². The second-order valence-electron chi connectivity index (χ2n) is 5.69. The normalized spacial score (nSPS) is 32.0. The smallest absolute Gasteiger partial charge is 0.242 e. The SMILES string of the molecule is CCC1C(=O)NCCN1C(=O)CC1NCCCC1C. The summed E-state index contributed by atoms with van der Waals surface area (Å²) in [7, 11) is 0. The van der Waals surface area contributed by atoms with E-state index in [-0.39, 0.29) is 23.9 Å². The Labute approximate surface area is 115 Å². The first-order valence-electron chi connectivity index (χ1n) is 7.44. The highest BCUT2D eigenvalue weighted by atomic mass is 16.2. The molecule has 0 aliphatic carbocycles. The molecule has 2 heterocycles. The number of carbonyl (C=O) groups is 2. The summed E-state index contributed by atoms with van der Waals surface area (Å²) in [5.41, 5.74) is 0. The van der Waals surface area contributed by atoms with Gasteiger partial charge in [-0.2, -0.15) is 0 Å². The first kappa shape index (κ1) is 14.3. The fourth-order valence-electron chi connectivity index (χ4n) is 3.11. The third kappa shape index (κ3) is 3.26. The Bertz CT molecular complexity index is 346. The Balaban J connectivity index is 1.96. The lowest BCUT2D eigenvalue weighted by atomic mass is 9.90. The molecule has 2 rings (SSSR count). The number of carbonyl (C=O) groups excluding carboxylic acids is 2. The van der Waals surface area contributed by atoms with Gasteiger partial charge in [-0.15, -0.1) is 0 Å². The number of nitrogens with zero attached hydrogens (tertiary/aromatic N) is 1. The van der Waals surface area contributed by atoms with Gasteiger partial charge in [-0.1, -0.05) is 13.8 Å². The summed E-state index contributed by atoms with van der Waals surface area (Å²) in [6.45, 7) is 6.38. The molecular formula is C14H25N3O2. The van der Waals surface area contributed by atoms with Gasteiger partial charge in [0, 0.05) is 25.6 Å². The molecule has 108 valence electrons. The molecule has 3 unspecified atom stereocenters. The van der Waals surface area contributed by atoms with Crippen LogP contribution in [-0.2, 0) is 9.59 Å². The Morgan fingerprint density at radius 2 is 2.21 bits per heavy atom. The van der Waals surface area contributed by atoms with Crippen molar-refractivity contribution in [3.8, 4) is 0 Å². The largest absolute Gasteiger partial charge is 0.353 e. The maximum absolute atomic E-state index is 12.4. The quantitative estimate of drug-likeness (QED) is 0.783. The van der Waals surface area contributed by atoms with Crippen LogP contribution in [0, 0.1) is 5.92 Å². The molecule has 0 saturated carbocycles. The Morgan fingerprint density at radius 3 is 2.89 bits per heavy atom. The summed E-state index contributed by atoms with van der Waals surface area (Å²) in [5.74, 6) is 0.649. The van der Waals surface area contributed by atoms with Crippen molar-refractivity contribution < 1.29 is 9.59 Å². The lowest BCUT2D eigenvalue weighted by Crippen LogP contribution is -2.58. The van der Waals surface area contributed by atoms with Crippen LogP contribution in [0.15, 0.2) is 0 Å². The minimum Gasteiger partial charge on any atom is -0.353 e. The molecule has 2 N–H and O–H groups in total. The number of nitrogens with one attached hydrogen (secondary N) is 2. The van der Waals surface area contributed by atoms with E-state index in [1.807, 2.05) is 6.92 Å². The second kappa shape index (κ2) is 6.37. The summed E-state index contributed by atoms with van der Waals surface area (Å²) in [6.07, 6.45) is 3.58. The molecule has 5 heteroatoms. The maximum Gasteiger partial charge on any atom is 0.242 e. The third-order valence-electron chi connectivity index (χ3n) is 4.36. The molecule has 2 amide bonds. The first-order chi connectivity index (χ1) is 9.13. The van der Waals surface area contributed by atoms with Crippen LogP contribution >= 0.6 is 0 Å². The topological polar surface area (TPSA) is 61.4 Å². The minimum atomic E-state index is -0.278. The van der Waals surface area contributed by atoms with Crippen LogP contribution in [-0.4, -0.2) is 48.4 Å². The highest BCUT2D eigenvalue weighted by molar-refractivity contribution is 5.88. The first-order valence-corrected chi connectivity index (χ1v) is 7.44. The van der Waals surface area contributed by atoms with Crippen LogP contribution in [0.5, 0.6) is 0 Å². The van der Waals surface area contributed by atoms with Crippen LogP contribution in [0.2, 0.25) is 0 Å². The number of hydrogen-bond acceptors (Lipinski definition) is 3. The lowest BCUT2D eigenvalue weighted by Gasteiger charge is -2.37. The highest BCUT2D eigenvalue weighted by Gasteiger charge is 2.33. The molecular weight excluding hydrogens is 242 g/mol. The molecule has 2 fully saturated rings. The maximum atomic E-state index is 12.4. The van der Waals surface area contributed by atoms with E-state index in [9.17, 15) is 9.59 Å². The zero-order valence-electron chi connectivity index (χ0n) is 11.9. The van der Waals surface area contributed by atoms with Crippen molar-refractivity contribution in [3.63, 3.8) is 0 Å². The van der Waals surface area contributed by atoms with Crippen molar-refractivity contribution in [2.75, 3.05) is 19.6 Å². The van der Waals surface area contributed by atoms with Crippen molar-refractivity contribution in [1.29, 1.82) is 0 Å². The highest BCUT2D eigenvalue weighted by Crippen LogP contribution is 2.20. The summed E-state index contributed by atoms with van der Waals surface area (Å²) in [5, 5.41) is 6.27. The van der Waals surface area contributed by atoms with Gasteiger partial charge >= 0.3 is 0 Å². The van der Waals surface area contributed by atoms with Crippen molar-refractivity contribution >= 4 is 11.8 Å². The zero-order chi connectivity index (χ0) is 13.8. The Hall–Kier alpha value is -1.10. The number of piperazine rings is 1. The summed E-state index contributed by atoms with van der Waals surface area (Å²) in [4.78, 5) is 26.0. The van der Waals surface area contributed by atoms with Crippen LogP contribution in [0.1, 0.15) is 39.5 Å². The van der Waals surface area contributed by atoms with Gasteiger partial charge in [-0.05, 0) is 31.7 Å². The molecule has 0 bridgehead atoms. The predicted octanol–water partition coefficient (Wildman–Crippen LogP) is 0.502. The number of rotatable bonds is 3. The summed E-state index contributed by atoms with van der Waals surface area (Å²) < 4.78 is 0. The van der Waals surface area contributed by atoms with Gasteiger partial charge in [0.15, 0.2) is 0 Å². The van der Waals surface area contributed by atoms with Gasteiger partial charge < -0.3 is 15.5 Å². The minimum absolute atomic E-state index is 0.00764. The zero-order valence-corrected chi connectivity index (χ0v) is 11.9. The standard InChI is InChI=1S/C14H25N3O2/c1-3-12-14(19)16-7-8-17(12)13(18)9-11-10(2)5-4-6-15-11/h10-12,15H,3-9H2,1-2H3,(H,16,19). The molecule has 19 heavy (non-hydrogen) atoms. The van der Waals surface area contributed by atoms with Gasteiger partial charge in [0.05, 0.1) is 0 Å². The summed E-state index contributed by atoms with van der Waals surface area (Å²) >= 11 is 0. The molecule has 0 aromatic heterocycles. The van der Waals surface area contributed by atoms with Crippen molar-refractivity contribution in [2.24, 2.45) is 5.92 Å². The molecule has 2 aliphatic heterocycles. The molecule has 5 nitrogen and oxygen atoms in total. The third-order valence-corrected chi connectivity index (χ3v) is 4.36. The van der Waals surface area contributed by atoms with Crippen molar-refractivity contribution in [2.45, 2.75) is 51.6 Å². The lowest BCUT2D eigenvalue weighted by molar-refractivity contribution is -0.144. The fourth-order valence-corrected chi connectivity index (χ4v) is 3.11. The molecule has 0 aromatic carbocycles.